The summed E-state index contributed by atoms with van der Waals surface area (Å²) >= 11 is 0. The Balaban J connectivity index is 3.96. The van der Waals surface area contributed by atoms with Gasteiger partial charge in [-0.1, -0.05) is 5.57 Å². The molecule has 0 saturated heterocycles. The van der Waals surface area contributed by atoms with Crippen LogP contribution in [-0.4, -0.2) is 24.8 Å². The van der Waals surface area contributed by atoms with Crippen LogP contribution in [0.5, 0.6) is 0 Å². The maximum absolute atomic E-state index is 11.4. The third-order valence-corrected chi connectivity index (χ3v) is 1.89. The van der Waals surface area contributed by atoms with Gasteiger partial charge in [-0.2, -0.15) is 0 Å². The number of hydrogen-bond acceptors (Lipinski definition) is 3. The summed E-state index contributed by atoms with van der Waals surface area (Å²) in [5.74, 6) is -0.101. The van der Waals surface area contributed by atoms with Crippen LogP contribution in [0.4, 0.5) is 0 Å². The first kappa shape index (κ1) is 13.7. The molecule has 0 atom stereocenters. The zero-order chi connectivity index (χ0) is 11.9. The molecule has 0 radical (unpaired) electrons. The van der Waals surface area contributed by atoms with Crippen molar-refractivity contribution in [1.82, 2.24) is 10.6 Å². The van der Waals surface area contributed by atoms with Crippen LogP contribution in [0.15, 0.2) is 11.8 Å². The molecule has 2 N–H and O–H groups in total. The molecule has 4 nitrogen and oxygen atoms in total. The van der Waals surface area contributed by atoms with E-state index in [1.54, 1.807) is 13.8 Å². The molecule has 15 heavy (non-hydrogen) atoms. The molecule has 0 rings (SSSR count). The highest BCUT2D eigenvalue weighted by atomic mass is 16.2. The summed E-state index contributed by atoms with van der Waals surface area (Å²) in [4.78, 5) is 22.0. The number of hydrogen-bond donors (Lipinski definition) is 2. The molecule has 0 aromatic heterocycles. The molecule has 0 spiro atoms. The summed E-state index contributed by atoms with van der Waals surface area (Å²) in [7, 11) is 1.82. The number of amides is 1. The smallest absolute Gasteiger partial charge is 0.221 e. The van der Waals surface area contributed by atoms with Crippen molar-refractivity contribution in [3.63, 3.8) is 0 Å². The van der Waals surface area contributed by atoms with Crippen LogP contribution in [0.1, 0.15) is 33.6 Å². The largest absolute Gasteiger partial charge is 0.394 e. The molecule has 86 valence electrons. The molecule has 0 heterocycles. The molecule has 0 aliphatic rings. The minimum Gasteiger partial charge on any atom is -0.394 e. The Hall–Kier alpha value is -1.32. The van der Waals surface area contributed by atoms with E-state index in [4.69, 9.17) is 0 Å². The summed E-state index contributed by atoms with van der Waals surface area (Å²) in [5.41, 5.74) is 0.342. The molecule has 0 aliphatic carbocycles. The second-order valence-corrected chi connectivity index (χ2v) is 4.17. The van der Waals surface area contributed by atoms with Crippen molar-refractivity contribution in [2.24, 2.45) is 0 Å². The van der Waals surface area contributed by atoms with Crippen molar-refractivity contribution >= 4 is 12.2 Å². The normalized spacial score (nSPS) is 12.1. The van der Waals surface area contributed by atoms with E-state index in [-0.39, 0.29) is 5.91 Å². The molecular weight excluding hydrogens is 192 g/mol. The number of aldehydes is 1. The van der Waals surface area contributed by atoms with E-state index in [0.717, 1.165) is 11.9 Å². The topological polar surface area (TPSA) is 58.2 Å². The van der Waals surface area contributed by atoms with Crippen LogP contribution in [0, 0.1) is 0 Å². The molecule has 0 fully saturated rings. The van der Waals surface area contributed by atoms with Crippen LogP contribution in [0.25, 0.3) is 0 Å². The van der Waals surface area contributed by atoms with Gasteiger partial charge in [0.25, 0.3) is 0 Å². The highest BCUT2D eigenvalue weighted by molar-refractivity contribution is 5.81. The standard InChI is InChI=1S/C11H20N2O2/c1-9(7-12-4)5-6-10(15)13-11(2,3)8-14/h7-8,12H,5-6H2,1-4H3,(H,13,15)/b9-7+. The van der Waals surface area contributed by atoms with Gasteiger partial charge in [0.05, 0.1) is 5.54 Å². The van der Waals surface area contributed by atoms with Gasteiger partial charge in [0.15, 0.2) is 0 Å². The first-order valence-corrected chi connectivity index (χ1v) is 5.01. The maximum atomic E-state index is 11.4. The molecule has 0 aliphatic heterocycles. The Morgan fingerprint density at radius 2 is 1.93 bits per heavy atom. The Bertz CT molecular complexity index is 257. The first-order chi connectivity index (χ1) is 6.91. The third kappa shape index (κ3) is 6.71. The predicted octanol–water partition coefficient (Wildman–Crippen LogP) is 0.983. The molecule has 0 saturated carbocycles. The van der Waals surface area contributed by atoms with E-state index in [1.807, 2.05) is 20.2 Å². The predicted molar refractivity (Wildman–Crippen MR) is 60.3 cm³/mol. The van der Waals surface area contributed by atoms with Crippen LogP contribution >= 0.6 is 0 Å². The van der Waals surface area contributed by atoms with Gasteiger partial charge in [0, 0.05) is 13.5 Å². The average Bonchev–Trinajstić information content (AvgIpc) is 2.15. The van der Waals surface area contributed by atoms with E-state index in [2.05, 4.69) is 10.6 Å². The van der Waals surface area contributed by atoms with E-state index in [0.29, 0.717) is 12.8 Å². The number of allylic oxidation sites excluding steroid dienone is 1. The van der Waals surface area contributed by atoms with Crippen LogP contribution < -0.4 is 10.6 Å². The fourth-order valence-corrected chi connectivity index (χ4v) is 1.08. The Morgan fingerprint density at radius 3 is 2.40 bits per heavy atom. The van der Waals surface area contributed by atoms with E-state index < -0.39 is 5.54 Å². The average molecular weight is 212 g/mol. The number of carbonyl (C=O) groups is 2. The minimum absolute atomic E-state index is 0.101. The highest BCUT2D eigenvalue weighted by Crippen LogP contribution is 2.04. The zero-order valence-electron chi connectivity index (χ0n) is 9.89. The van der Waals surface area contributed by atoms with Crippen molar-refractivity contribution in [2.75, 3.05) is 7.05 Å². The van der Waals surface area contributed by atoms with Gasteiger partial charge in [0.1, 0.15) is 6.29 Å². The maximum Gasteiger partial charge on any atom is 0.221 e. The molecule has 0 aromatic rings. The van der Waals surface area contributed by atoms with Crippen molar-refractivity contribution in [3.05, 3.63) is 11.8 Å². The fourth-order valence-electron chi connectivity index (χ4n) is 1.08. The van der Waals surface area contributed by atoms with E-state index in [9.17, 15) is 9.59 Å². The zero-order valence-corrected chi connectivity index (χ0v) is 9.89. The molecule has 0 bridgehead atoms. The fraction of sp³-hybridized carbons (Fsp3) is 0.636. The van der Waals surface area contributed by atoms with Crippen molar-refractivity contribution in [3.8, 4) is 0 Å². The number of rotatable bonds is 6. The summed E-state index contributed by atoms with van der Waals surface area (Å²) in [6.07, 6.45) is 3.70. The molecule has 0 unspecified atom stereocenters. The van der Waals surface area contributed by atoms with E-state index >= 15 is 0 Å². The summed E-state index contributed by atoms with van der Waals surface area (Å²) in [6, 6.07) is 0. The molecule has 0 aromatic carbocycles. The number of carbonyl (C=O) groups excluding carboxylic acids is 2. The van der Waals surface area contributed by atoms with Gasteiger partial charge < -0.3 is 15.4 Å². The second kappa shape index (κ2) is 6.22. The lowest BCUT2D eigenvalue weighted by Crippen LogP contribution is -2.44. The van der Waals surface area contributed by atoms with Crippen LogP contribution in [0.3, 0.4) is 0 Å². The highest BCUT2D eigenvalue weighted by Gasteiger charge is 2.18. The van der Waals surface area contributed by atoms with Crippen molar-refractivity contribution in [2.45, 2.75) is 39.2 Å². The minimum atomic E-state index is -0.766. The van der Waals surface area contributed by atoms with Crippen molar-refractivity contribution < 1.29 is 9.59 Å². The van der Waals surface area contributed by atoms with Gasteiger partial charge in [-0.25, -0.2) is 0 Å². The summed E-state index contributed by atoms with van der Waals surface area (Å²) in [6.45, 7) is 5.30. The van der Waals surface area contributed by atoms with Gasteiger partial charge in [0.2, 0.25) is 5.91 Å². The molecule has 4 heteroatoms. The first-order valence-electron chi connectivity index (χ1n) is 5.01. The molecule has 1 amide bonds. The summed E-state index contributed by atoms with van der Waals surface area (Å²) in [5, 5.41) is 5.55. The van der Waals surface area contributed by atoms with Gasteiger partial charge >= 0.3 is 0 Å². The van der Waals surface area contributed by atoms with Gasteiger partial charge in [-0.3, -0.25) is 4.79 Å². The van der Waals surface area contributed by atoms with Crippen molar-refractivity contribution in [1.29, 1.82) is 0 Å². The molecular formula is C11H20N2O2. The lowest BCUT2D eigenvalue weighted by molar-refractivity contribution is -0.125. The monoisotopic (exact) mass is 212 g/mol. The quantitative estimate of drug-likeness (QED) is 0.645. The summed E-state index contributed by atoms with van der Waals surface area (Å²) < 4.78 is 0. The van der Waals surface area contributed by atoms with Gasteiger partial charge in [-0.15, -0.1) is 0 Å². The Morgan fingerprint density at radius 1 is 1.33 bits per heavy atom. The van der Waals surface area contributed by atoms with Crippen LogP contribution in [-0.2, 0) is 9.59 Å². The van der Waals surface area contributed by atoms with Crippen LogP contribution in [0.2, 0.25) is 0 Å². The Kier molecular flexibility index (Phi) is 5.67. The number of nitrogens with one attached hydrogen (secondary N) is 2. The lowest BCUT2D eigenvalue weighted by atomic mass is 10.1. The SMILES string of the molecule is CN/C=C(\C)CCC(=O)NC(C)(C)C=O. The lowest BCUT2D eigenvalue weighted by Gasteiger charge is -2.18. The second-order valence-electron chi connectivity index (χ2n) is 4.17. The third-order valence-electron chi connectivity index (χ3n) is 1.89. The Labute approximate surface area is 91.1 Å². The van der Waals surface area contributed by atoms with Gasteiger partial charge in [-0.05, 0) is 33.4 Å². The van der Waals surface area contributed by atoms with E-state index in [1.165, 1.54) is 0 Å².